The van der Waals surface area contributed by atoms with Crippen molar-refractivity contribution < 1.29 is 19.5 Å². The van der Waals surface area contributed by atoms with Crippen LogP contribution >= 0.6 is 23.1 Å². The summed E-state index contributed by atoms with van der Waals surface area (Å²) in [5.74, 6) is -1.58. The molecule has 8 nitrogen and oxygen atoms in total. The highest BCUT2D eigenvalue weighted by molar-refractivity contribution is 8.00. The third kappa shape index (κ3) is 2.78. The number of thiazole rings is 1. The molecule has 7 atom stereocenters. The minimum atomic E-state index is -0.925. The number of hydrogen-bond donors (Lipinski definition) is 2. The lowest BCUT2D eigenvalue weighted by molar-refractivity contribution is -0.142. The van der Waals surface area contributed by atoms with Gasteiger partial charge in [-0.1, -0.05) is 17.4 Å². The number of nitrogens with one attached hydrogen (secondary N) is 1. The fourth-order valence-corrected chi connectivity index (χ4v) is 9.51. The molecule has 2 aliphatic heterocycles. The third-order valence-electron chi connectivity index (χ3n) is 7.63. The minimum Gasteiger partial charge on any atom is -0.481 e. The van der Waals surface area contributed by atoms with Crippen LogP contribution < -0.4 is 4.87 Å². The minimum absolute atomic E-state index is 0.0196. The van der Waals surface area contributed by atoms with E-state index in [2.05, 4.69) is 9.97 Å². The van der Waals surface area contributed by atoms with E-state index in [-0.39, 0.29) is 76.8 Å². The van der Waals surface area contributed by atoms with Crippen molar-refractivity contribution in [2.45, 2.75) is 35.5 Å². The lowest BCUT2D eigenvalue weighted by atomic mass is 9.68. The second-order valence-electron chi connectivity index (χ2n) is 9.07. The molecule has 0 aromatic carbocycles. The van der Waals surface area contributed by atoms with E-state index < -0.39 is 5.97 Å². The number of likely N-dealkylation sites (tertiary alicyclic amines) is 1. The Balaban J connectivity index is 1.37. The number of imide groups is 1. The van der Waals surface area contributed by atoms with Gasteiger partial charge in [0.25, 0.3) is 0 Å². The summed E-state index contributed by atoms with van der Waals surface area (Å²) in [6.07, 6.45) is 4.63. The summed E-state index contributed by atoms with van der Waals surface area (Å²) in [7, 11) is 0. The van der Waals surface area contributed by atoms with Crippen molar-refractivity contribution in [2.75, 3.05) is 6.54 Å². The monoisotopic (exact) mass is 471 g/mol. The SMILES string of the molecule is O=C(O)CCCN1C(=O)[C@@H]2[C@H]3C[C@@H]([C@@H]2C1=O)[C@@H]1[C@H](c2cccnc2)c2sc(=O)[nH]c2S[C@@H]31. The quantitative estimate of drug-likeness (QED) is 0.641. The van der Waals surface area contributed by atoms with Gasteiger partial charge in [-0.3, -0.25) is 29.1 Å². The molecule has 2 aromatic rings. The van der Waals surface area contributed by atoms with E-state index in [1.54, 1.807) is 18.0 Å². The summed E-state index contributed by atoms with van der Waals surface area (Å²) < 4.78 is 0. The topological polar surface area (TPSA) is 120 Å². The van der Waals surface area contributed by atoms with Crippen molar-refractivity contribution in [2.24, 2.45) is 29.6 Å². The Morgan fingerprint density at radius 3 is 2.72 bits per heavy atom. The number of carbonyl (C=O) groups excluding carboxylic acids is 2. The number of carboxylic acids is 1. The van der Waals surface area contributed by atoms with E-state index in [9.17, 15) is 19.2 Å². The summed E-state index contributed by atoms with van der Waals surface area (Å²) in [6, 6.07) is 3.92. The van der Waals surface area contributed by atoms with Gasteiger partial charge in [-0.25, -0.2) is 0 Å². The zero-order valence-electron chi connectivity index (χ0n) is 17.0. The standard InChI is InChI=1S/C22H21N3O5S2/c26-12(27)4-2-6-25-20(28)15-10-7-11(16(15)21(25)29)17-14(10)13(9-3-1-5-23-8-9)18-19(31-17)24-22(30)32-18/h1,3,5,8,10-11,13-17H,2,4,6-7H2,(H,24,30)(H,26,27)/t10-,11-,13+,14-,15+,16-,17+/m1/s1. The van der Waals surface area contributed by atoms with Gasteiger partial charge in [0.15, 0.2) is 0 Å². The molecule has 3 fully saturated rings. The molecule has 0 unspecified atom stereocenters. The largest absolute Gasteiger partial charge is 0.481 e. The van der Waals surface area contributed by atoms with Crippen LogP contribution in [0.2, 0.25) is 0 Å². The molecule has 2 saturated carbocycles. The Labute approximate surface area is 191 Å². The number of H-pyrrole nitrogens is 1. The van der Waals surface area contributed by atoms with Crippen LogP contribution in [0.3, 0.4) is 0 Å². The molecule has 2 amide bonds. The number of aromatic nitrogens is 2. The molecular formula is C22H21N3O5S2. The van der Waals surface area contributed by atoms with Crippen molar-refractivity contribution in [3.63, 3.8) is 0 Å². The highest BCUT2D eigenvalue weighted by Gasteiger charge is 2.69. The van der Waals surface area contributed by atoms with Crippen molar-refractivity contribution in [3.05, 3.63) is 44.6 Å². The average molecular weight is 472 g/mol. The fraction of sp³-hybridized carbons (Fsp3) is 0.500. The van der Waals surface area contributed by atoms with Crippen molar-refractivity contribution >= 4 is 40.9 Å². The Morgan fingerprint density at radius 2 is 2.00 bits per heavy atom. The van der Waals surface area contributed by atoms with Crippen LogP contribution in [0.5, 0.6) is 0 Å². The molecule has 2 N–H and O–H groups in total. The summed E-state index contributed by atoms with van der Waals surface area (Å²) >= 11 is 2.89. The van der Waals surface area contributed by atoms with E-state index in [0.717, 1.165) is 21.9 Å². The van der Waals surface area contributed by atoms with Gasteiger partial charge in [0.1, 0.15) is 0 Å². The van der Waals surface area contributed by atoms with E-state index in [1.807, 2.05) is 18.3 Å². The van der Waals surface area contributed by atoms with E-state index in [1.165, 1.54) is 16.2 Å². The van der Waals surface area contributed by atoms with Gasteiger partial charge in [-0.05, 0) is 42.2 Å². The van der Waals surface area contributed by atoms with Gasteiger partial charge in [-0.15, -0.1) is 11.8 Å². The van der Waals surface area contributed by atoms with Crippen LogP contribution in [-0.2, 0) is 14.4 Å². The van der Waals surface area contributed by atoms with Crippen LogP contribution in [0.15, 0.2) is 34.3 Å². The number of pyridine rings is 1. The predicted octanol–water partition coefficient (Wildman–Crippen LogP) is 2.17. The van der Waals surface area contributed by atoms with Gasteiger partial charge in [0.2, 0.25) is 11.8 Å². The number of thioether (sulfide) groups is 1. The molecule has 2 aromatic heterocycles. The molecule has 0 spiro atoms. The van der Waals surface area contributed by atoms with Crippen molar-refractivity contribution in [3.8, 4) is 0 Å². The molecular weight excluding hydrogens is 450 g/mol. The van der Waals surface area contributed by atoms with Crippen molar-refractivity contribution in [1.29, 1.82) is 0 Å². The molecule has 2 bridgehead atoms. The van der Waals surface area contributed by atoms with Crippen LogP contribution in [0.4, 0.5) is 0 Å². The maximum atomic E-state index is 13.3. The third-order valence-corrected chi connectivity index (χ3v) is 10.2. The molecule has 1 saturated heterocycles. The molecule has 6 rings (SSSR count). The number of carbonyl (C=O) groups is 3. The first-order valence-electron chi connectivity index (χ1n) is 10.8. The Morgan fingerprint density at radius 1 is 1.22 bits per heavy atom. The predicted molar refractivity (Wildman–Crippen MR) is 116 cm³/mol. The molecule has 32 heavy (non-hydrogen) atoms. The van der Waals surface area contributed by atoms with Gasteiger partial charge in [-0.2, -0.15) is 0 Å². The highest BCUT2D eigenvalue weighted by Crippen LogP contribution is 2.68. The van der Waals surface area contributed by atoms with Crippen molar-refractivity contribution in [1.82, 2.24) is 14.9 Å². The zero-order valence-corrected chi connectivity index (χ0v) is 18.6. The van der Waals surface area contributed by atoms with Crippen LogP contribution in [0.25, 0.3) is 0 Å². The number of carboxylic acid groups (broad SMARTS) is 1. The maximum Gasteiger partial charge on any atom is 0.305 e. The summed E-state index contributed by atoms with van der Waals surface area (Å²) in [5, 5.41) is 9.95. The summed E-state index contributed by atoms with van der Waals surface area (Å²) in [6.45, 7) is 0.172. The maximum absolute atomic E-state index is 13.3. The highest BCUT2D eigenvalue weighted by atomic mass is 32.2. The molecule has 10 heteroatoms. The van der Waals surface area contributed by atoms with E-state index in [0.29, 0.717) is 0 Å². The van der Waals surface area contributed by atoms with Gasteiger partial charge in [0, 0.05) is 41.4 Å². The van der Waals surface area contributed by atoms with Gasteiger partial charge < -0.3 is 10.1 Å². The second kappa shape index (κ2) is 7.28. The first-order chi connectivity index (χ1) is 15.5. The number of fused-ring (bicyclic) bond motifs is 9. The lowest BCUT2D eigenvalue weighted by Gasteiger charge is -2.42. The average Bonchev–Trinajstić information content (AvgIpc) is 3.49. The first kappa shape index (κ1) is 20.2. The van der Waals surface area contributed by atoms with Crippen LogP contribution in [-0.4, -0.2) is 49.6 Å². The summed E-state index contributed by atoms with van der Waals surface area (Å²) in [4.78, 5) is 59.1. The van der Waals surface area contributed by atoms with E-state index in [4.69, 9.17) is 5.11 Å². The molecule has 0 radical (unpaired) electrons. The van der Waals surface area contributed by atoms with Crippen LogP contribution in [0, 0.1) is 29.6 Å². The molecule has 4 aliphatic rings. The lowest BCUT2D eigenvalue weighted by Crippen LogP contribution is -2.42. The smallest absolute Gasteiger partial charge is 0.305 e. The summed E-state index contributed by atoms with van der Waals surface area (Å²) in [5.41, 5.74) is 1.04. The second-order valence-corrected chi connectivity index (χ2v) is 11.3. The first-order valence-corrected chi connectivity index (χ1v) is 12.5. The number of hydrogen-bond acceptors (Lipinski definition) is 7. The number of rotatable bonds is 5. The number of nitrogens with zero attached hydrogens (tertiary/aromatic N) is 2. The van der Waals surface area contributed by atoms with Gasteiger partial charge >= 0.3 is 10.8 Å². The zero-order chi connectivity index (χ0) is 22.1. The van der Waals surface area contributed by atoms with Gasteiger partial charge in [0.05, 0.1) is 16.9 Å². The molecule has 4 heterocycles. The Bertz CT molecular complexity index is 1180. The Hall–Kier alpha value is -2.46. The van der Waals surface area contributed by atoms with Crippen LogP contribution in [0.1, 0.15) is 35.6 Å². The fourth-order valence-electron chi connectivity index (χ4n) is 6.62. The molecule has 166 valence electrons. The number of aromatic amines is 1. The Kier molecular flexibility index (Phi) is 4.59. The number of aliphatic carboxylic acids is 1. The normalized spacial score (nSPS) is 34.5. The van der Waals surface area contributed by atoms with E-state index >= 15 is 0 Å². The number of amides is 2. The molecule has 2 aliphatic carbocycles.